The summed E-state index contributed by atoms with van der Waals surface area (Å²) in [6.07, 6.45) is -1.45. The van der Waals surface area contributed by atoms with Crippen molar-refractivity contribution in [3.63, 3.8) is 0 Å². The van der Waals surface area contributed by atoms with Gasteiger partial charge in [-0.05, 0) is 0 Å². The van der Waals surface area contributed by atoms with Gasteiger partial charge in [0.1, 0.15) is 5.69 Å². The predicted octanol–water partition coefficient (Wildman–Crippen LogP) is 1.30. The molecule has 0 bridgehead atoms. The lowest BCUT2D eigenvalue weighted by atomic mass is 9.91. The molecule has 2 rings (SSSR count). The largest absolute Gasteiger partial charge is 0.393 e. The molecule has 0 aliphatic carbocycles. The van der Waals surface area contributed by atoms with Gasteiger partial charge in [-0.3, -0.25) is 14.3 Å². The third kappa shape index (κ3) is 2.32. The lowest BCUT2D eigenvalue weighted by molar-refractivity contribution is -0.163. The Labute approximate surface area is 95.4 Å². The van der Waals surface area contributed by atoms with Crippen LogP contribution < -0.4 is 0 Å². The van der Waals surface area contributed by atoms with E-state index in [0.29, 0.717) is 0 Å². The van der Waals surface area contributed by atoms with Crippen molar-refractivity contribution in [1.29, 1.82) is 0 Å². The first-order chi connectivity index (χ1) is 7.97. The van der Waals surface area contributed by atoms with Gasteiger partial charge in [-0.2, -0.15) is 5.10 Å². The molecule has 0 N–H and O–H groups in total. The summed E-state index contributed by atoms with van der Waals surface area (Å²) < 4.78 is 31.0. The summed E-state index contributed by atoms with van der Waals surface area (Å²) in [6, 6.07) is 0. The topological polar surface area (TPSA) is 61.2 Å². The Morgan fingerprint density at radius 2 is 2.00 bits per heavy atom. The quantitative estimate of drug-likeness (QED) is 0.581. The van der Waals surface area contributed by atoms with Gasteiger partial charge in [0, 0.05) is 24.7 Å². The summed E-state index contributed by atoms with van der Waals surface area (Å²) in [5, 5.41) is 3.64. The number of esters is 2. The smallest absolute Gasteiger partial charge is 0.314 e. The summed E-state index contributed by atoms with van der Waals surface area (Å²) >= 11 is 0. The molecule has 1 aromatic rings. The van der Waals surface area contributed by atoms with Gasteiger partial charge < -0.3 is 4.74 Å². The number of aromatic nitrogens is 2. The molecule has 0 aromatic carbocycles. The van der Waals surface area contributed by atoms with Crippen molar-refractivity contribution in [2.24, 2.45) is 7.05 Å². The number of ether oxygens (including phenoxy) is 1. The van der Waals surface area contributed by atoms with Gasteiger partial charge in [-0.25, -0.2) is 8.78 Å². The highest BCUT2D eigenvalue weighted by Crippen LogP contribution is 2.33. The highest BCUT2D eigenvalue weighted by Gasteiger charge is 2.32. The maximum Gasteiger partial charge on any atom is 0.314 e. The summed E-state index contributed by atoms with van der Waals surface area (Å²) in [5.41, 5.74) is -0.132. The van der Waals surface area contributed by atoms with E-state index >= 15 is 0 Å². The molecule has 92 valence electrons. The van der Waals surface area contributed by atoms with Crippen LogP contribution in [0.1, 0.15) is 36.4 Å². The number of halogens is 2. The van der Waals surface area contributed by atoms with Gasteiger partial charge in [0.05, 0.1) is 12.8 Å². The van der Waals surface area contributed by atoms with Gasteiger partial charge >= 0.3 is 11.9 Å². The van der Waals surface area contributed by atoms with Crippen LogP contribution in [0.25, 0.3) is 0 Å². The van der Waals surface area contributed by atoms with Crippen molar-refractivity contribution >= 4 is 11.9 Å². The zero-order chi connectivity index (χ0) is 12.6. The summed E-state index contributed by atoms with van der Waals surface area (Å²) in [4.78, 5) is 22.2. The van der Waals surface area contributed by atoms with Crippen LogP contribution in [0.5, 0.6) is 0 Å². The first-order valence-electron chi connectivity index (χ1n) is 5.02. The second kappa shape index (κ2) is 4.23. The molecule has 0 saturated carbocycles. The van der Waals surface area contributed by atoms with E-state index in [1.54, 1.807) is 0 Å². The second-order valence-corrected chi connectivity index (χ2v) is 3.90. The minimum atomic E-state index is -2.72. The molecule has 1 aliphatic heterocycles. The van der Waals surface area contributed by atoms with E-state index in [1.165, 1.54) is 17.9 Å². The van der Waals surface area contributed by atoms with Crippen LogP contribution in [0.2, 0.25) is 0 Å². The van der Waals surface area contributed by atoms with Gasteiger partial charge in [-0.15, -0.1) is 0 Å². The minimum Gasteiger partial charge on any atom is -0.393 e. The van der Waals surface area contributed by atoms with Crippen LogP contribution in [0.15, 0.2) is 6.20 Å². The van der Waals surface area contributed by atoms with Crippen molar-refractivity contribution in [2.75, 3.05) is 0 Å². The number of hydrogen-bond acceptors (Lipinski definition) is 4. The SMILES string of the molecule is Cn1cc(C2CC(=O)OC(=O)C2)c(C(F)F)n1. The van der Waals surface area contributed by atoms with Crippen molar-refractivity contribution < 1.29 is 23.1 Å². The molecule has 17 heavy (non-hydrogen) atoms. The molecule has 1 aromatic heterocycles. The summed E-state index contributed by atoms with van der Waals surface area (Å²) in [5.74, 6) is -1.94. The molecule has 7 heteroatoms. The molecule has 0 spiro atoms. The van der Waals surface area contributed by atoms with E-state index in [-0.39, 0.29) is 24.1 Å². The van der Waals surface area contributed by atoms with E-state index in [2.05, 4.69) is 9.84 Å². The third-order valence-corrected chi connectivity index (χ3v) is 2.59. The first kappa shape index (κ1) is 11.7. The maximum atomic E-state index is 12.7. The van der Waals surface area contributed by atoms with Crippen LogP contribution in [-0.2, 0) is 21.4 Å². The molecular weight excluding hydrogens is 234 g/mol. The molecule has 1 fully saturated rings. The van der Waals surface area contributed by atoms with Gasteiger partial charge in [0.15, 0.2) is 0 Å². The first-order valence-corrected chi connectivity index (χ1v) is 5.02. The Bertz CT molecular complexity index is 454. The van der Waals surface area contributed by atoms with E-state index in [9.17, 15) is 18.4 Å². The van der Waals surface area contributed by atoms with Crippen LogP contribution in [0.3, 0.4) is 0 Å². The number of carbonyl (C=O) groups is 2. The molecule has 0 unspecified atom stereocenters. The van der Waals surface area contributed by atoms with Gasteiger partial charge in [0.25, 0.3) is 6.43 Å². The Hall–Kier alpha value is -1.79. The summed E-state index contributed by atoms with van der Waals surface area (Å²) in [6.45, 7) is 0. The molecule has 1 saturated heterocycles. The molecule has 1 aliphatic rings. The van der Waals surface area contributed by atoms with Crippen molar-refractivity contribution in [3.05, 3.63) is 17.5 Å². The van der Waals surface area contributed by atoms with E-state index < -0.39 is 24.3 Å². The molecule has 2 heterocycles. The fraction of sp³-hybridized carbons (Fsp3) is 0.500. The van der Waals surface area contributed by atoms with Crippen LogP contribution >= 0.6 is 0 Å². The fourth-order valence-corrected chi connectivity index (χ4v) is 1.91. The van der Waals surface area contributed by atoms with Crippen molar-refractivity contribution in [1.82, 2.24) is 9.78 Å². The molecule has 0 atom stereocenters. The normalized spacial score (nSPS) is 17.6. The van der Waals surface area contributed by atoms with Crippen molar-refractivity contribution in [3.8, 4) is 0 Å². The Morgan fingerprint density at radius 3 is 2.53 bits per heavy atom. The number of nitrogens with zero attached hydrogens (tertiary/aromatic N) is 2. The van der Waals surface area contributed by atoms with Gasteiger partial charge in [0.2, 0.25) is 0 Å². The number of cyclic esters (lactones) is 2. The molecule has 0 amide bonds. The fourth-order valence-electron chi connectivity index (χ4n) is 1.91. The zero-order valence-corrected chi connectivity index (χ0v) is 9.02. The predicted molar refractivity (Wildman–Crippen MR) is 51.2 cm³/mol. The van der Waals surface area contributed by atoms with E-state index in [4.69, 9.17) is 0 Å². The lowest BCUT2D eigenvalue weighted by Gasteiger charge is -2.19. The highest BCUT2D eigenvalue weighted by molar-refractivity contribution is 5.89. The zero-order valence-electron chi connectivity index (χ0n) is 9.02. The van der Waals surface area contributed by atoms with Gasteiger partial charge in [-0.1, -0.05) is 0 Å². The number of aryl methyl sites for hydroxylation is 1. The van der Waals surface area contributed by atoms with E-state index in [1.807, 2.05) is 0 Å². The van der Waals surface area contributed by atoms with Crippen LogP contribution in [0.4, 0.5) is 8.78 Å². The maximum absolute atomic E-state index is 12.7. The van der Waals surface area contributed by atoms with Crippen LogP contribution in [-0.4, -0.2) is 21.7 Å². The number of carbonyl (C=O) groups excluding carboxylic acids is 2. The highest BCUT2D eigenvalue weighted by atomic mass is 19.3. The summed E-state index contributed by atoms with van der Waals surface area (Å²) in [7, 11) is 1.51. The second-order valence-electron chi connectivity index (χ2n) is 3.90. The average Bonchev–Trinajstić information content (AvgIpc) is 2.59. The molecule has 5 nitrogen and oxygen atoms in total. The monoisotopic (exact) mass is 244 g/mol. The number of rotatable bonds is 2. The van der Waals surface area contributed by atoms with Crippen molar-refractivity contribution in [2.45, 2.75) is 25.2 Å². The van der Waals surface area contributed by atoms with Crippen LogP contribution in [0, 0.1) is 0 Å². The number of hydrogen-bond donors (Lipinski definition) is 0. The van der Waals surface area contributed by atoms with E-state index in [0.717, 1.165) is 0 Å². The molecular formula is C10H10F2N2O3. The Kier molecular flexibility index (Phi) is 2.91. The number of alkyl halides is 2. The lowest BCUT2D eigenvalue weighted by Crippen LogP contribution is -2.24. The average molecular weight is 244 g/mol. The minimum absolute atomic E-state index is 0.0723. The Balaban J connectivity index is 2.32. The standard InChI is InChI=1S/C10H10F2N2O3/c1-14-4-6(9(13-14)10(11)12)5-2-7(15)17-8(16)3-5/h4-5,10H,2-3H2,1H3. The third-order valence-electron chi connectivity index (χ3n) is 2.59. The Morgan fingerprint density at radius 1 is 1.41 bits per heavy atom. The molecule has 0 radical (unpaired) electrons.